The normalized spacial score (nSPS) is 9.92. The Morgan fingerprint density at radius 1 is 1.42 bits per heavy atom. The topological polar surface area (TPSA) is 26.3 Å². The molecule has 1 unspecified atom stereocenters. The molecule has 2 nitrogen and oxygen atoms in total. The first-order chi connectivity index (χ1) is 5.72. The molecule has 0 N–H and O–H groups in total. The molecule has 1 aromatic carbocycles. The fourth-order valence-corrected chi connectivity index (χ4v) is 0.857. The number of benzene rings is 1. The van der Waals surface area contributed by atoms with Crippen LogP contribution in [0.1, 0.15) is 17.3 Å². The SMILES string of the molecule is [CH2]C(C)Oc1ccc(C=O)cc1. The van der Waals surface area contributed by atoms with Gasteiger partial charge in [0.05, 0.1) is 6.10 Å². The van der Waals surface area contributed by atoms with Crippen LogP contribution in [0, 0.1) is 6.92 Å². The lowest BCUT2D eigenvalue weighted by Gasteiger charge is -2.08. The van der Waals surface area contributed by atoms with Crippen molar-refractivity contribution in [2.45, 2.75) is 13.0 Å². The second kappa shape index (κ2) is 3.90. The standard InChI is InChI=1S/C10H11O2/c1-8(2)12-10-5-3-9(7-11)4-6-10/h3-8H,1H2,2H3. The minimum atomic E-state index is -0.0768. The number of hydrogen-bond acceptors (Lipinski definition) is 2. The summed E-state index contributed by atoms with van der Waals surface area (Å²) in [5, 5.41) is 0. The molecule has 0 heterocycles. The lowest BCUT2D eigenvalue weighted by Crippen LogP contribution is -2.05. The van der Waals surface area contributed by atoms with Crippen molar-refractivity contribution < 1.29 is 9.53 Å². The van der Waals surface area contributed by atoms with E-state index < -0.39 is 0 Å². The van der Waals surface area contributed by atoms with Gasteiger partial charge in [-0.2, -0.15) is 0 Å². The second-order valence-electron chi connectivity index (χ2n) is 2.62. The molecule has 1 atom stereocenters. The number of aldehydes is 1. The summed E-state index contributed by atoms with van der Waals surface area (Å²) in [6.07, 6.45) is 0.726. The molecule has 0 aliphatic rings. The zero-order valence-corrected chi connectivity index (χ0v) is 6.99. The van der Waals surface area contributed by atoms with Crippen LogP contribution in [0.15, 0.2) is 24.3 Å². The molecule has 63 valence electrons. The number of rotatable bonds is 3. The summed E-state index contributed by atoms with van der Waals surface area (Å²) in [7, 11) is 0. The molecule has 0 spiro atoms. The zero-order valence-electron chi connectivity index (χ0n) is 6.99. The molecule has 1 rings (SSSR count). The highest BCUT2D eigenvalue weighted by molar-refractivity contribution is 5.74. The molecular formula is C10H11O2. The Morgan fingerprint density at radius 2 is 2.00 bits per heavy atom. The van der Waals surface area contributed by atoms with E-state index >= 15 is 0 Å². The minimum Gasteiger partial charge on any atom is -0.491 e. The molecule has 1 radical (unpaired) electrons. The summed E-state index contributed by atoms with van der Waals surface area (Å²) in [5.41, 5.74) is 0.652. The number of hydrogen-bond donors (Lipinski definition) is 0. The Kier molecular flexibility index (Phi) is 2.86. The van der Waals surface area contributed by atoms with Gasteiger partial charge in [0.1, 0.15) is 12.0 Å². The molecular weight excluding hydrogens is 152 g/mol. The summed E-state index contributed by atoms with van der Waals surface area (Å²) < 4.78 is 5.29. The van der Waals surface area contributed by atoms with Crippen LogP contribution in [0.4, 0.5) is 0 Å². The third-order valence-corrected chi connectivity index (χ3v) is 1.35. The summed E-state index contributed by atoms with van der Waals surface area (Å²) >= 11 is 0. The van der Waals surface area contributed by atoms with Crippen LogP contribution in [0.2, 0.25) is 0 Å². The van der Waals surface area contributed by atoms with Crippen LogP contribution in [-0.4, -0.2) is 12.4 Å². The van der Waals surface area contributed by atoms with Crippen LogP contribution in [0.25, 0.3) is 0 Å². The Bertz CT molecular complexity index is 249. The van der Waals surface area contributed by atoms with Crippen molar-refractivity contribution in [1.82, 2.24) is 0 Å². The summed E-state index contributed by atoms with van der Waals surface area (Å²) in [5.74, 6) is 0.739. The summed E-state index contributed by atoms with van der Waals surface area (Å²) in [6, 6.07) is 6.94. The molecule has 0 saturated carbocycles. The van der Waals surface area contributed by atoms with Gasteiger partial charge in [-0.05, 0) is 38.1 Å². The van der Waals surface area contributed by atoms with Gasteiger partial charge in [0.15, 0.2) is 0 Å². The highest BCUT2D eigenvalue weighted by atomic mass is 16.5. The maximum absolute atomic E-state index is 10.3. The Labute approximate surface area is 72.2 Å². The average molecular weight is 163 g/mol. The van der Waals surface area contributed by atoms with Crippen LogP contribution >= 0.6 is 0 Å². The lowest BCUT2D eigenvalue weighted by molar-refractivity contribution is 0.112. The number of ether oxygens (including phenoxy) is 1. The largest absolute Gasteiger partial charge is 0.491 e. The van der Waals surface area contributed by atoms with Crippen LogP contribution in [-0.2, 0) is 0 Å². The first-order valence-corrected chi connectivity index (χ1v) is 3.77. The van der Waals surface area contributed by atoms with E-state index in [0.29, 0.717) is 5.56 Å². The van der Waals surface area contributed by atoms with Crippen LogP contribution in [0.3, 0.4) is 0 Å². The minimum absolute atomic E-state index is 0.0768. The van der Waals surface area contributed by atoms with E-state index in [1.807, 2.05) is 6.92 Å². The molecule has 0 saturated heterocycles. The van der Waals surface area contributed by atoms with Gasteiger partial charge in [-0.1, -0.05) is 0 Å². The first-order valence-electron chi connectivity index (χ1n) is 3.77. The van der Waals surface area contributed by atoms with E-state index in [-0.39, 0.29) is 6.10 Å². The first kappa shape index (κ1) is 8.78. The molecule has 0 bridgehead atoms. The van der Waals surface area contributed by atoms with Crippen molar-refractivity contribution in [3.05, 3.63) is 36.8 Å². The van der Waals surface area contributed by atoms with Crippen LogP contribution < -0.4 is 4.74 Å². The summed E-state index contributed by atoms with van der Waals surface area (Å²) in [6.45, 7) is 5.54. The molecule has 0 aliphatic carbocycles. The molecule has 0 amide bonds. The average Bonchev–Trinajstić information content (AvgIpc) is 2.05. The number of carbonyl (C=O) groups is 1. The van der Waals surface area contributed by atoms with E-state index in [0.717, 1.165) is 12.0 Å². The smallest absolute Gasteiger partial charge is 0.150 e. The zero-order chi connectivity index (χ0) is 8.97. The van der Waals surface area contributed by atoms with E-state index in [1.165, 1.54) is 0 Å². The highest BCUT2D eigenvalue weighted by Gasteiger charge is 1.96. The molecule has 0 aromatic heterocycles. The fraction of sp³-hybridized carbons (Fsp3) is 0.200. The lowest BCUT2D eigenvalue weighted by atomic mass is 10.2. The van der Waals surface area contributed by atoms with Crippen molar-refractivity contribution in [2.75, 3.05) is 0 Å². The van der Waals surface area contributed by atoms with Gasteiger partial charge in [0.25, 0.3) is 0 Å². The highest BCUT2D eigenvalue weighted by Crippen LogP contribution is 2.12. The van der Waals surface area contributed by atoms with Gasteiger partial charge in [-0.15, -0.1) is 0 Å². The van der Waals surface area contributed by atoms with Crippen molar-refractivity contribution >= 4 is 6.29 Å². The molecule has 12 heavy (non-hydrogen) atoms. The van der Waals surface area contributed by atoms with Crippen molar-refractivity contribution in [3.63, 3.8) is 0 Å². The maximum atomic E-state index is 10.3. The van der Waals surface area contributed by atoms with Crippen molar-refractivity contribution in [1.29, 1.82) is 0 Å². The molecule has 0 aliphatic heterocycles. The predicted molar refractivity (Wildman–Crippen MR) is 47.3 cm³/mol. The van der Waals surface area contributed by atoms with Gasteiger partial charge >= 0.3 is 0 Å². The van der Waals surface area contributed by atoms with Gasteiger partial charge in [0.2, 0.25) is 0 Å². The summed E-state index contributed by atoms with van der Waals surface area (Å²) in [4.78, 5) is 10.3. The monoisotopic (exact) mass is 163 g/mol. The van der Waals surface area contributed by atoms with Gasteiger partial charge < -0.3 is 4.74 Å². The third kappa shape index (κ3) is 2.38. The Morgan fingerprint density at radius 3 is 2.42 bits per heavy atom. The second-order valence-corrected chi connectivity index (χ2v) is 2.62. The van der Waals surface area contributed by atoms with Crippen molar-refractivity contribution in [3.8, 4) is 5.75 Å². The molecule has 1 aromatic rings. The Hall–Kier alpha value is -1.31. The van der Waals surface area contributed by atoms with Gasteiger partial charge in [0, 0.05) is 5.56 Å². The molecule has 0 fully saturated rings. The van der Waals surface area contributed by atoms with Crippen molar-refractivity contribution in [2.24, 2.45) is 0 Å². The third-order valence-electron chi connectivity index (χ3n) is 1.35. The molecule has 2 heteroatoms. The fourth-order valence-electron chi connectivity index (χ4n) is 0.857. The van der Waals surface area contributed by atoms with E-state index in [2.05, 4.69) is 6.92 Å². The van der Waals surface area contributed by atoms with Crippen LogP contribution in [0.5, 0.6) is 5.75 Å². The predicted octanol–water partition coefficient (Wildman–Crippen LogP) is 2.10. The van der Waals surface area contributed by atoms with Gasteiger partial charge in [-0.25, -0.2) is 0 Å². The van der Waals surface area contributed by atoms with E-state index in [4.69, 9.17) is 4.74 Å². The number of carbonyl (C=O) groups excluding carboxylic acids is 1. The Balaban J connectivity index is 2.71. The quantitative estimate of drug-likeness (QED) is 0.638. The van der Waals surface area contributed by atoms with E-state index in [1.54, 1.807) is 24.3 Å². The maximum Gasteiger partial charge on any atom is 0.150 e. The van der Waals surface area contributed by atoms with E-state index in [9.17, 15) is 4.79 Å². The van der Waals surface area contributed by atoms with Gasteiger partial charge in [-0.3, -0.25) is 4.79 Å².